The van der Waals surface area contributed by atoms with Crippen LogP contribution in [0.5, 0.6) is 0 Å². The third-order valence-electron chi connectivity index (χ3n) is 1.42. The molecule has 0 unspecified atom stereocenters. The Labute approximate surface area is 63.2 Å². The molecule has 1 aromatic heterocycles. The zero-order chi connectivity index (χ0) is 6.97. The topological polar surface area (TPSA) is 13.1 Å². The highest BCUT2D eigenvalue weighted by atomic mass is 35.5. The highest BCUT2D eigenvalue weighted by Crippen LogP contribution is 2.19. The summed E-state index contributed by atoms with van der Waals surface area (Å²) in [5.41, 5.74) is 0.840. The Morgan fingerprint density at radius 1 is 1.20 bits per heavy atom. The fraction of sp³-hybridized carbons (Fsp3) is 0. The van der Waals surface area contributed by atoms with Crippen LogP contribution in [0.4, 0.5) is 0 Å². The highest BCUT2D eigenvalue weighted by molar-refractivity contribution is 6.31. The number of hydrogen-bond acceptors (Lipinski definition) is 1. The molecule has 1 aromatic carbocycles. The second-order valence-electron chi connectivity index (χ2n) is 2.10. The van der Waals surface area contributed by atoms with Crippen molar-refractivity contribution in [3.63, 3.8) is 0 Å². The van der Waals surface area contributed by atoms with Crippen LogP contribution in [-0.4, -0.2) is 0 Å². The van der Waals surface area contributed by atoms with E-state index in [0.717, 1.165) is 11.0 Å². The van der Waals surface area contributed by atoms with Crippen molar-refractivity contribution in [2.75, 3.05) is 0 Å². The molecular formula is C8H5ClO. The van der Waals surface area contributed by atoms with Gasteiger partial charge in [-0.15, -0.1) is 0 Å². The Hall–Kier alpha value is -0.950. The van der Waals surface area contributed by atoms with Crippen LogP contribution in [0, 0.1) is 0 Å². The van der Waals surface area contributed by atoms with Crippen LogP contribution >= 0.6 is 11.6 Å². The molecular weight excluding hydrogens is 148 g/mol. The Kier molecular flexibility index (Phi) is 1.18. The van der Waals surface area contributed by atoms with E-state index in [1.807, 2.05) is 18.2 Å². The molecule has 0 radical (unpaired) electrons. The molecule has 50 valence electrons. The van der Waals surface area contributed by atoms with Crippen molar-refractivity contribution in [1.29, 1.82) is 0 Å². The monoisotopic (exact) mass is 152 g/mol. The molecule has 0 amide bonds. The zero-order valence-electron chi connectivity index (χ0n) is 5.17. The first-order valence-corrected chi connectivity index (χ1v) is 3.37. The average molecular weight is 153 g/mol. The van der Waals surface area contributed by atoms with Gasteiger partial charge < -0.3 is 4.42 Å². The lowest BCUT2D eigenvalue weighted by Gasteiger charge is -1.87. The van der Waals surface area contributed by atoms with E-state index < -0.39 is 0 Å². The Morgan fingerprint density at radius 2 is 2.10 bits per heavy atom. The maximum Gasteiger partial charge on any atom is 0.135 e. The van der Waals surface area contributed by atoms with Crippen molar-refractivity contribution in [1.82, 2.24) is 0 Å². The van der Waals surface area contributed by atoms with E-state index in [-0.39, 0.29) is 0 Å². The molecule has 0 bridgehead atoms. The van der Waals surface area contributed by atoms with Crippen molar-refractivity contribution < 1.29 is 4.42 Å². The molecule has 1 nitrogen and oxygen atoms in total. The van der Waals surface area contributed by atoms with Gasteiger partial charge in [-0.1, -0.05) is 11.6 Å². The van der Waals surface area contributed by atoms with Crippen molar-refractivity contribution in [3.8, 4) is 0 Å². The predicted molar refractivity (Wildman–Crippen MR) is 41.2 cm³/mol. The molecule has 0 atom stereocenters. The van der Waals surface area contributed by atoms with E-state index in [0.29, 0.717) is 5.02 Å². The van der Waals surface area contributed by atoms with Crippen LogP contribution in [0.1, 0.15) is 0 Å². The van der Waals surface area contributed by atoms with E-state index in [2.05, 4.69) is 0 Å². The molecule has 0 fully saturated rings. The van der Waals surface area contributed by atoms with Crippen molar-refractivity contribution in [2.24, 2.45) is 0 Å². The Morgan fingerprint density at radius 3 is 3.00 bits per heavy atom. The fourth-order valence-corrected chi connectivity index (χ4v) is 1.09. The third kappa shape index (κ3) is 0.792. The standard InChI is InChI=1S/C8H5ClO/c9-7-2-1-6-3-4-10-8(6)5-7/h1-5H. The minimum atomic E-state index is 0.711. The maximum atomic E-state index is 5.72. The molecule has 1 heterocycles. The van der Waals surface area contributed by atoms with Crippen LogP contribution in [0.2, 0.25) is 5.02 Å². The second kappa shape index (κ2) is 2.03. The van der Waals surface area contributed by atoms with E-state index in [4.69, 9.17) is 16.0 Å². The minimum absolute atomic E-state index is 0.711. The number of hydrogen-bond donors (Lipinski definition) is 0. The molecule has 0 aliphatic heterocycles. The Balaban J connectivity index is 2.86. The lowest BCUT2D eigenvalue weighted by molar-refractivity contribution is 0.616. The molecule has 0 aliphatic carbocycles. The summed E-state index contributed by atoms with van der Waals surface area (Å²) in [6.45, 7) is 0. The van der Waals surface area contributed by atoms with Crippen LogP contribution in [0.25, 0.3) is 11.0 Å². The number of halogens is 1. The van der Waals surface area contributed by atoms with Gasteiger partial charge in [0, 0.05) is 10.4 Å². The summed E-state index contributed by atoms with van der Waals surface area (Å²) in [5.74, 6) is 0. The van der Waals surface area contributed by atoms with Gasteiger partial charge in [-0.2, -0.15) is 0 Å². The molecule has 0 spiro atoms. The minimum Gasteiger partial charge on any atom is -0.464 e. The van der Waals surface area contributed by atoms with Gasteiger partial charge in [-0.25, -0.2) is 0 Å². The van der Waals surface area contributed by atoms with Crippen LogP contribution < -0.4 is 0 Å². The van der Waals surface area contributed by atoms with Crippen LogP contribution in [0.3, 0.4) is 0 Å². The average Bonchev–Trinajstić information content (AvgIpc) is 2.33. The summed E-state index contributed by atoms with van der Waals surface area (Å²) in [6, 6.07) is 7.49. The van der Waals surface area contributed by atoms with Gasteiger partial charge in [0.2, 0.25) is 0 Å². The first-order valence-electron chi connectivity index (χ1n) is 2.99. The summed E-state index contributed by atoms with van der Waals surface area (Å²) < 4.78 is 5.11. The summed E-state index contributed by atoms with van der Waals surface area (Å²) in [6.07, 6.45) is 1.65. The Bertz CT molecular complexity index is 351. The van der Waals surface area contributed by atoms with Crippen LogP contribution in [0.15, 0.2) is 34.9 Å². The molecule has 2 heteroatoms. The SMILES string of the molecule is Clc1ccc2ccoc2c1. The van der Waals surface area contributed by atoms with Gasteiger partial charge in [0.1, 0.15) is 5.58 Å². The van der Waals surface area contributed by atoms with E-state index >= 15 is 0 Å². The molecule has 0 saturated heterocycles. The molecule has 0 aliphatic rings. The van der Waals surface area contributed by atoms with Gasteiger partial charge in [0.25, 0.3) is 0 Å². The number of furan rings is 1. The summed E-state index contributed by atoms with van der Waals surface area (Å²) in [5, 5.41) is 1.80. The molecule has 0 saturated carbocycles. The fourth-order valence-electron chi connectivity index (χ4n) is 0.929. The highest BCUT2D eigenvalue weighted by Gasteiger charge is 1.94. The number of fused-ring (bicyclic) bond motifs is 1. The quantitative estimate of drug-likeness (QED) is 0.566. The number of benzene rings is 1. The van der Waals surface area contributed by atoms with E-state index in [1.165, 1.54) is 0 Å². The van der Waals surface area contributed by atoms with Gasteiger partial charge >= 0.3 is 0 Å². The maximum absolute atomic E-state index is 5.72. The first kappa shape index (κ1) is 5.81. The van der Waals surface area contributed by atoms with Crippen LogP contribution in [-0.2, 0) is 0 Å². The second-order valence-corrected chi connectivity index (χ2v) is 2.54. The van der Waals surface area contributed by atoms with Gasteiger partial charge in [0.15, 0.2) is 0 Å². The lowest BCUT2D eigenvalue weighted by Crippen LogP contribution is -1.62. The van der Waals surface area contributed by atoms with Gasteiger partial charge in [0.05, 0.1) is 6.26 Å². The normalized spacial score (nSPS) is 10.5. The van der Waals surface area contributed by atoms with Gasteiger partial charge in [-0.05, 0) is 24.3 Å². The molecule has 10 heavy (non-hydrogen) atoms. The van der Waals surface area contributed by atoms with E-state index in [9.17, 15) is 0 Å². The summed E-state index contributed by atoms with van der Waals surface area (Å²) in [4.78, 5) is 0. The third-order valence-corrected chi connectivity index (χ3v) is 1.65. The predicted octanol–water partition coefficient (Wildman–Crippen LogP) is 3.09. The summed E-state index contributed by atoms with van der Waals surface area (Å²) >= 11 is 5.72. The largest absolute Gasteiger partial charge is 0.464 e. The van der Waals surface area contributed by atoms with Gasteiger partial charge in [-0.3, -0.25) is 0 Å². The van der Waals surface area contributed by atoms with E-state index in [1.54, 1.807) is 12.3 Å². The molecule has 2 rings (SSSR count). The summed E-state index contributed by atoms with van der Waals surface area (Å²) in [7, 11) is 0. The molecule has 0 N–H and O–H groups in total. The molecule has 2 aromatic rings. The smallest absolute Gasteiger partial charge is 0.135 e. The zero-order valence-corrected chi connectivity index (χ0v) is 5.93. The number of rotatable bonds is 0. The lowest BCUT2D eigenvalue weighted by atomic mass is 10.3. The van der Waals surface area contributed by atoms with Crippen molar-refractivity contribution >= 4 is 22.6 Å². The van der Waals surface area contributed by atoms with Crippen molar-refractivity contribution in [3.05, 3.63) is 35.6 Å². The first-order chi connectivity index (χ1) is 4.86. The van der Waals surface area contributed by atoms with Crippen molar-refractivity contribution in [2.45, 2.75) is 0 Å².